The van der Waals surface area contributed by atoms with E-state index in [4.69, 9.17) is 0 Å². The third-order valence-corrected chi connectivity index (χ3v) is 32.5. The van der Waals surface area contributed by atoms with E-state index in [-0.39, 0.29) is 70.0 Å². The number of pyridine rings is 2. The number of carbonyl (C=O) groups is 2. The average molecular weight is 2160 g/mol. The Bertz CT molecular complexity index is 5620. The van der Waals surface area contributed by atoms with Gasteiger partial charge < -0.3 is 29.6 Å². The van der Waals surface area contributed by atoms with Gasteiger partial charge in [-0.15, -0.1) is 5.56 Å². The summed E-state index contributed by atoms with van der Waals surface area (Å²) in [7, 11) is -7.47. The molecule has 2 aliphatic rings. The number of carbonyl (C=O) groups excluding carboxylic acids is 2. The summed E-state index contributed by atoms with van der Waals surface area (Å²) in [4.78, 5) is 36.2. The van der Waals surface area contributed by atoms with Crippen LogP contribution in [0.5, 0.6) is 0 Å². The smallest absolute Gasteiger partial charge is 0.0134 e. The minimum Gasteiger partial charge on any atom is -0.0622 e. The van der Waals surface area contributed by atoms with Crippen molar-refractivity contribution < 1.29 is 72.1 Å². The number of halogens is 4. The largest absolute Gasteiger partial charge is 0.0622 e. The van der Waals surface area contributed by atoms with Crippen LogP contribution >= 0.6 is 45.3 Å². The fourth-order valence-electron chi connectivity index (χ4n) is 14.6. The summed E-state index contributed by atoms with van der Waals surface area (Å²) in [5.41, 5.74) is 2.91. The first-order chi connectivity index (χ1) is 66.8. The molecule has 4 amide bonds. The molecule has 0 fully saturated rings. The first kappa shape index (κ1) is 112. The van der Waals surface area contributed by atoms with Crippen LogP contribution in [-0.2, 0) is 61.9 Å². The fraction of sp³-hybridized carbons (Fsp3) is 0.153. The number of alkyl halides is 3. The van der Waals surface area contributed by atoms with Crippen molar-refractivity contribution in [3.05, 3.63) is 501 Å². The van der Waals surface area contributed by atoms with Crippen LogP contribution in [0.4, 0.5) is 34.1 Å². The van der Waals surface area contributed by atoms with Crippen molar-refractivity contribution in [1.82, 2.24) is 19.8 Å². The zero-order valence-corrected chi connectivity index (χ0v) is 89.7. The molecule has 16 aromatic rings. The number of hydrogen-bond acceptors (Lipinski definition) is 7. The standard InChI is InChI=1S/C22H27N3O.4C18H15P.C17H21F3N2O4S.C6H6N.CH4.BrH.Pd.Zn/c1-16-6-5-13-23-20(16)17-11-14-25(15-12-17)21(26)24-19-9-7-18(8-10-19)22(2,3)4;4*1-4-10-16(11-5-1)19(17-12-6-2-7-13-17)18-14-8-3-9-15-18;1-16(2,3)12-4-6-13(7-5-12)21-15(23)22-10-8-14(9-11-22)26-27(24,25)17(18,19)20;1-6-3-2-4-7-5-6;;;;/h5-11,13H,12,14-15H2,1-4H3,(H,24,26);4*1-15H;4-8H,9-11H2,1-3H3,(H,21,23);2-4H,1H3;1H4;1H;;/q;;;;;;-1;;;;+2/p-1. The summed E-state index contributed by atoms with van der Waals surface area (Å²) in [5, 5.41) is 22.5. The van der Waals surface area contributed by atoms with Crippen LogP contribution < -0.4 is 74.3 Å². The van der Waals surface area contributed by atoms with Crippen molar-refractivity contribution in [2.24, 2.45) is 0 Å². The molecule has 18 rings (SSSR count). The molecule has 11 nitrogen and oxygen atoms in total. The van der Waals surface area contributed by atoms with Crippen LogP contribution in [0.2, 0.25) is 0 Å². The summed E-state index contributed by atoms with van der Waals surface area (Å²) >= 11 is 4.25. The molecule has 4 heterocycles. The second-order valence-corrected chi connectivity index (χ2v) is 44.2. The fourth-order valence-corrected chi connectivity index (χ4v) is 24.4. The van der Waals surface area contributed by atoms with Crippen molar-refractivity contribution in [1.29, 1.82) is 0 Å². The maximum absolute atomic E-state index is 12.5. The van der Waals surface area contributed by atoms with Gasteiger partial charge in [-0.05, 0) is 178 Å². The van der Waals surface area contributed by atoms with E-state index >= 15 is 0 Å². The summed E-state index contributed by atoms with van der Waals surface area (Å²) in [6, 6.07) is 152. The van der Waals surface area contributed by atoms with Crippen LogP contribution in [0.25, 0.3) is 5.57 Å². The summed E-state index contributed by atoms with van der Waals surface area (Å²) in [5.74, 6) is -0.328. The minimum atomic E-state index is -5.69. The molecule has 0 saturated heterocycles. The van der Waals surface area contributed by atoms with E-state index in [0.717, 1.165) is 35.0 Å². The number of aromatic nitrogens is 2. The Morgan fingerprint density at radius 1 is 0.364 bits per heavy atom. The van der Waals surface area contributed by atoms with Gasteiger partial charge in [0.1, 0.15) is 5.76 Å². The van der Waals surface area contributed by atoms with Crippen LogP contribution in [0.3, 0.4) is 0 Å². The van der Waals surface area contributed by atoms with Crippen molar-refractivity contribution in [2.45, 2.75) is 92.0 Å². The van der Waals surface area contributed by atoms with E-state index in [1.807, 2.05) is 60.5 Å². The predicted molar refractivity (Wildman–Crippen MR) is 586 cm³/mol. The number of urea groups is 2. The molecule has 0 spiro atoms. The number of amides is 4. The number of rotatable bonds is 17. The Kier molecular flexibility index (Phi) is 46.4. The summed E-state index contributed by atoms with van der Waals surface area (Å²) < 4.78 is 63.0. The van der Waals surface area contributed by atoms with Crippen molar-refractivity contribution in [2.75, 3.05) is 36.8 Å². The van der Waals surface area contributed by atoms with Gasteiger partial charge in [0.25, 0.3) is 0 Å². The third kappa shape index (κ3) is 35.3. The first-order valence-electron chi connectivity index (χ1n) is 45.3. The molecule has 2 N–H and O–H groups in total. The number of nitrogens with one attached hydrogen (secondary N) is 2. The molecule has 716 valence electrons. The molecule has 0 aliphatic carbocycles. The SMILES string of the molecule is C.CC(C)(C)c1ccc(NC(=O)N2CC=C(OS(=O)(=O)C(F)(F)F)CC2)cc1.Cc1[c-]nccc1.Cc1cccnc1C1=CCN(C(=O)Nc2ccc(C(C)(C)C)cc2)CC1.[Pd].[Zn+][Br].c1ccc(P(c2ccccc2)c2ccccc2)cc1.c1ccc(P(c2ccccc2)c2ccccc2)cc1.c1ccc(P(c2ccccc2)c2ccccc2)cc1.c1ccc(P(c2ccccc2)c2ccccc2)cc1. The molecular weight excluding hydrogens is 2050 g/mol. The maximum Gasteiger partial charge on any atom is -0.0134 e. The molecule has 0 unspecified atom stereocenters. The Hall–Kier alpha value is -11.6. The van der Waals surface area contributed by atoms with E-state index in [2.05, 4.69) is 481 Å². The molecule has 140 heavy (non-hydrogen) atoms. The van der Waals surface area contributed by atoms with Gasteiger partial charge >= 0.3 is 57.7 Å². The van der Waals surface area contributed by atoms with E-state index in [9.17, 15) is 31.2 Å². The van der Waals surface area contributed by atoms with E-state index < -0.39 is 53.3 Å². The molecule has 14 aromatic carbocycles. The molecule has 0 atom stereocenters. The molecule has 2 aromatic heterocycles. The minimum absolute atomic E-state index is 0. The van der Waals surface area contributed by atoms with Crippen LogP contribution in [-0.4, -0.2) is 71.9 Å². The van der Waals surface area contributed by atoms with Crippen molar-refractivity contribution in [3.63, 3.8) is 0 Å². The number of nitrogens with zero attached hydrogens (tertiary/aromatic N) is 4. The van der Waals surface area contributed by atoms with Gasteiger partial charge in [0.05, 0.1) is 5.69 Å². The Morgan fingerprint density at radius 3 is 0.807 bits per heavy atom. The zero-order chi connectivity index (χ0) is 98.0. The van der Waals surface area contributed by atoms with E-state index in [1.165, 1.54) is 102 Å². The first-order valence-corrected chi connectivity index (χ1v) is 59.1. The van der Waals surface area contributed by atoms with Gasteiger partial charge in [-0.1, -0.05) is 469 Å². The van der Waals surface area contributed by atoms with E-state index in [1.54, 1.807) is 18.3 Å². The molecular formula is C118H118BrF3N6O5P4PdSZn. The van der Waals surface area contributed by atoms with Gasteiger partial charge in [0.2, 0.25) is 0 Å². The molecule has 22 heteroatoms. The van der Waals surface area contributed by atoms with Gasteiger partial charge in [0.15, 0.2) is 0 Å². The van der Waals surface area contributed by atoms with Crippen molar-refractivity contribution >= 4 is 148 Å². The molecule has 2 aliphatic heterocycles. The Morgan fingerprint density at radius 2 is 0.614 bits per heavy atom. The van der Waals surface area contributed by atoms with Gasteiger partial charge in [-0.25, -0.2) is 9.59 Å². The average Bonchev–Trinajstić information content (AvgIpc) is 0.846. The normalized spacial score (nSPS) is 12.0. The number of aryl methyl sites for hydroxylation is 2. The van der Waals surface area contributed by atoms with Gasteiger partial charge in [-0.3, -0.25) is 4.98 Å². The molecule has 0 saturated carbocycles. The van der Waals surface area contributed by atoms with E-state index in [0.29, 0.717) is 18.8 Å². The zero-order valence-electron chi connectivity index (χ0n) is 79.2. The Labute approximate surface area is 862 Å². The van der Waals surface area contributed by atoms with Crippen LogP contribution in [0, 0.1) is 20.0 Å². The van der Waals surface area contributed by atoms with Crippen LogP contribution in [0.15, 0.2) is 467 Å². The molecule has 0 radical (unpaired) electrons. The third-order valence-electron chi connectivity index (χ3n) is 21.7. The number of hydrogen-bond donors (Lipinski definition) is 2. The molecule has 0 bridgehead atoms. The monoisotopic (exact) mass is 2160 g/mol. The predicted octanol–water partition coefficient (Wildman–Crippen LogP) is 25.4. The maximum atomic E-state index is 12.5. The quantitative estimate of drug-likeness (QED) is 0.0305. The summed E-state index contributed by atoms with van der Waals surface area (Å²) in [6.07, 6.45) is 10.3. The summed E-state index contributed by atoms with van der Waals surface area (Å²) in [6.45, 7) is 18.1. The second kappa shape index (κ2) is 58.0. The topological polar surface area (TPSA) is 134 Å². The van der Waals surface area contributed by atoms with Crippen LogP contribution in [0.1, 0.15) is 89.8 Å². The van der Waals surface area contributed by atoms with Gasteiger partial charge in [-0.2, -0.15) is 33.7 Å². The van der Waals surface area contributed by atoms with Crippen molar-refractivity contribution in [3.8, 4) is 0 Å². The number of anilines is 2. The number of benzene rings is 14. The van der Waals surface area contributed by atoms with Gasteiger partial charge in [0, 0.05) is 70.6 Å². The second-order valence-electron chi connectivity index (χ2n) is 33.8. The Balaban J connectivity index is 0.000000185.